The summed E-state index contributed by atoms with van der Waals surface area (Å²) in [5, 5.41) is 4.78. The number of fused-ring (bicyclic) bond motifs is 2. The number of hydrogen-bond donors (Lipinski definition) is 0. The molecule has 0 aliphatic rings. The van der Waals surface area contributed by atoms with Crippen molar-refractivity contribution in [1.29, 1.82) is 0 Å². The summed E-state index contributed by atoms with van der Waals surface area (Å²) in [4.78, 5) is 0. The fraction of sp³-hybridized carbons (Fsp3) is 0.698. The first-order valence-electron chi connectivity index (χ1n) is 49.7. The van der Waals surface area contributed by atoms with Crippen molar-refractivity contribution in [3.8, 4) is 45.9 Å². The fourth-order valence-corrected chi connectivity index (χ4v) is 17.1. The zero-order valence-corrected chi connectivity index (χ0v) is 75.7. The SMILES string of the molecule is CCCCCCCCCCCCOc1cc(C[n+]2ccn(-c3c4ccccc4c(-n4cc[n+](Cc5cc(OCCCCCCCCCCCC)c(OCCCCCCCCCCCC)c(OCCCCCCCCCCCC)c5)c4)c4ccccc34)c2)cc(OCCCCCCCCCCCC)c1OCCCCCCCCCCCC. The number of aromatic nitrogens is 4. The zero-order chi connectivity index (χ0) is 81.4. The van der Waals surface area contributed by atoms with Gasteiger partial charge in [-0.2, -0.15) is 0 Å². The van der Waals surface area contributed by atoms with Crippen molar-refractivity contribution in [1.82, 2.24) is 9.13 Å². The van der Waals surface area contributed by atoms with Gasteiger partial charge in [-0.1, -0.05) is 413 Å². The van der Waals surface area contributed by atoms with Gasteiger partial charge in [0.15, 0.2) is 23.0 Å². The highest BCUT2D eigenvalue weighted by atomic mass is 16.5. The smallest absolute Gasteiger partial charge is 0.249 e. The highest BCUT2D eigenvalue weighted by Crippen LogP contribution is 2.43. The molecule has 2 aromatic heterocycles. The van der Waals surface area contributed by atoms with Crippen molar-refractivity contribution >= 4 is 21.5 Å². The lowest BCUT2D eigenvalue weighted by Crippen LogP contribution is -2.31. The van der Waals surface area contributed by atoms with E-state index in [0.29, 0.717) is 52.7 Å². The van der Waals surface area contributed by atoms with Gasteiger partial charge >= 0.3 is 0 Å². The Labute approximate surface area is 710 Å². The van der Waals surface area contributed by atoms with E-state index in [2.05, 4.69) is 170 Å². The molecule has 5 aromatic carbocycles. The summed E-state index contributed by atoms with van der Waals surface area (Å²) in [6.07, 6.45) is 91.1. The van der Waals surface area contributed by atoms with E-state index >= 15 is 0 Å². The lowest BCUT2D eigenvalue weighted by molar-refractivity contribution is -0.687. The molecular weight excluding hydrogens is 1430 g/mol. The molecule has 0 aliphatic carbocycles. The molecule has 2 heterocycles. The number of ether oxygens (including phenoxy) is 6. The summed E-state index contributed by atoms with van der Waals surface area (Å²) in [6.45, 7) is 19.2. The highest BCUT2D eigenvalue weighted by molar-refractivity contribution is 6.14. The Morgan fingerprint density at radius 1 is 0.224 bits per heavy atom. The Balaban J connectivity index is 1.13. The zero-order valence-electron chi connectivity index (χ0n) is 75.7. The topological polar surface area (TPSA) is 73.0 Å². The van der Waals surface area contributed by atoms with Crippen LogP contribution in [0.1, 0.15) is 438 Å². The van der Waals surface area contributed by atoms with E-state index < -0.39 is 0 Å². The van der Waals surface area contributed by atoms with Gasteiger partial charge in [0, 0.05) is 32.7 Å². The minimum absolute atomic E-state index is 0.654. The van der Waals surface area contributed by atoms with Crippen LogP contribution in [0.15, 0.2) is 110 Å². The largest absolute Gasteiger partial charge is 0.490 e. The van der Waals surface area contributed by atoms with Gasteiger partial charge in [-0.05, 0) is 87.1 Å². The molecule has 0 bridgehead atoms. The van der Waals surface area contributed by atoms with Crippen LogP contribution in [0.25, 0.3) is 32.9 Å². The van der Waals surface area contributed by atoms with Crippen molar-refractivity contribution in [3.05, 3.63) is 121 Å². The minimum atomic E-state index is 0.654. The molecule has 0 N–H and O–H groups in total. The van der Waals surface area contributed by atoms with Gasteiger partial charge in [-0.25, -0.2) is 18.3 Å². The summed E-state index contributed by atoms with van der Waals surface area (Å²) in [7, 11) is 0. The van der Waals surface area contributed by atoms with Crippen LogP contribution < -0.4 is 37.6 Å². The summed E-state index contributed by atoms with van der Waals surface area (Å²) in [5.74, 6) is 4.86. The number of benzene rings is 5. The lowest BCUT2D eigenvalue weighted by atomic mass is 9.98. The maximum atomic E-state index is 6.92. The van der Waals surface area contributed by atoms with Gasteiger partial charge in [0.1, 0.15) is 49.3 Å². The van der Waals surface area contributed by atoms with Gasteiger partial charge in [-0.15, -0.1) is 0 Å². The third-order valence-electron chi connectivity index (χ3n) is 24.2. The average Bonchev–Trinajstić information content (AvgIpc) is 1.30. The normalized spacial score (nSPS) is 11.6. The summed E-state index contributed by atoms with van der Waals surface area (Å²) < 4.78 is 50.8. The van der Waals surface area contributed by atoms with Crippen LogP contribution in [-0.2, 0) is 13.1 Å². The monoisotopic (exact) mass is 1600 g/mol. The standard InChI is InChI=1S/C106H172N4O6/c1-7-13-19-25-31-37-43-49-55-65-79-111-99-85-93(86-100(112-80-66-56-50-44-38-32-26-20-14-8-2)105(99)115-83-69-59-53-47-41-35-29-23-17-11-5)89-107-75-77-109(91-107)103-95-71-61-63-73-97(95)104(98-74-64-62-72-96(98)103)110-78-76-108(92-110)90-94-87-101(113-81-67-57-51-45-39-33-27-21-15-9-3)106(116-84-70-60-54-48-42-36-30-24-18-12-6)102(88-94)114-82-68-58-52-46-40-34-28-22-16-10-4/h61-64,71-78,85-88,91-92H,7-60,65-70,79-84,89-90H2,1-6H3/q+2. The molecule has 0 unspecified atom stereocenters. The van der Waals surface area contributed by atoms with Gasteiger partial charge in [0.05, 0.1) is 39.6 Å². The summed E-state index contributed by atoms with van der Waals surface area (Å²) in [6, 6.07) is 27.1. The molecule has 0 amide bonds. The Kier molecular flexibility index (Phi) is 54.1. The summed E-state index contributed by atoms with van der Waals surface area (Å²) in [5.41, 5.74) is 4.63. The fourth-order valence-electron chi connectivity index (χ4n) is 17.1. The maximum absolute atomic E-state index is 6.92. The first-order valence-corrected chi connectivity index (χ1v) is 49.7. The molecule has 10 nitrogen and oxygen atoms in total. The van der Waals surface area contributed by atoms with Gasteiger partial charge < -0.3 is 28.4 Å². The predicted molar refractivity (Wildman–Crippen MR) is 496 cm³/mol. The van der Waals surface area contributed by atoms with Crippen molar-refractivity contribution < 1.29 is 37.6 Å². The minimum Gasteiger partial charge on any atom is -0.490 e. The van der Waals surface area contributed by atoms with Gasteiger partial charge in [-0.3, -0.25) is 0 Å². The number of rotatable bonds is 78. The number of hydrogen-bond acceptors (Lipinski definition) is 6. The predicted octanol–water partition coefficient (Wildman–Crippen LogP) is 32.0. The van der Waals surface area contributed by atoms with Gasteiger partial charge in [0.25, 0.3) is 0 Å². The molecule has 0 aliphatic heterocycles. The van der Waals surface area contributed by atoms with Crippen molar-refractivity contribution in [2.45, 2.75) is 440 Å². The van der Waals surface area contributed by atoms with Crippen molar-refractivity contribution in [3.63, 3.8) is 0 Å². The van der Waals surface area contributed by atoms with Crippen LogP contribution in [0.3, 0.4) is 0 Å². The molecule has 0 saturated carbocycles. The first kappa shape index (κ1) is 97.0. The van der Waals surface area contributed by atoms with E-state index in [9.17, 15) is 0 Å². The van der Waals surface area contributed by atoms with Crippen molar-refractivity contribution in [2.75, 3.05) is 39.6 Å². The third kappa shape index (κ3) is 39.8. The van der Waals surface area contributed by atoms with Gasteiger partial charge in [0.2, 0.25) is 24.2 Å². The Morgan fingerprint density at radius 2 is 0.405 bits per heavy atom. The first-order chi connectivity index (χ1) is 57.5. The second-order valence-corrected chi connectivity index (χ2v) is 34.8. The third-order valence-corrected chi connectivity index (χ3v) is 24.2. The maximum Gasteiger partial charge on any atom is 0.249 e. The molecule has 0 saturated heterocycles. The second kappa shape index (κ2) is 64.7. The molecule has 650 valence electrons. The number of nitrogens with zero attached hydrogens (tertiary/aromatic N) is 4. The Hall–Kier alpha value is -6.16. The van der Waals surface area contributed by atoms with Crippen molar-refractivity contribution in [2.24, 2.45) is 0 Å². The molecule has 0 radical (unpaired) electrons. The van der Waals surface area contributed by atoms with Crippen LogP contribution in [0.2, 0.25) is 0 Å². The Bertz CT molecular complexity index is 3150. The van der Waals surface area contributed by atoms with Crippen LogP contribution in [0, 0.1) is 0 Å². The molecule has 0 spiro atoms. The highest BCUT2D eigenvalue weighted by Gasteiger charge is 2.26. The molecule has 7 rings (SSSR count). The molecule has 7 aromatic rings. The molecule has 0 atom stereocenters. The average molecular weight is 1600 g/mol. The lowest BCUT2D eigenvalue weighted by Gasteiger charge is -2.19. The van der Waals surface area contributed by atoms with Crippen LogP contribution >= 0.6 is 0 Å². The quantitative estimate of drug-likeness (QED) is 0.0215. The van der Waals surface area contributed by atoms with Crippen LogP contribution in [0.5, 0.6) is 34.5 Å². The molecular formula is C106H172N4O6+2. The molecule has 116 heavy (non-hydrogen) atoms. The second-order valence-electron chi connectivity index (χ2n) is 34.8. The van der Waals surface area contributed by atoms with E-state index in [1.165, 1.54) is 380 Å². The summed E-state index contributed by atoms with van der Waals surface area (Å²) >= 11 is 0. The van der Waals surface area contributed by atoms with E-state index in [-0.39, 0.29) is 0 Å². The molecule has 0 fully saturated rings. The number of imidazole rings is 2. The van der Waals surface area contributed by atoms with Crippen LogP contribution in [-0.4, -0.2) is 48.8 Å². The Morgan fingerprint density at radius 3 is 0.603 bits per heavy atom. The molecule has 10 heteroatoms. The van der Waals surface area contributed by atoms with E-state index in [1.807, 2.05) is 0 Å². The van der Waals surface area contributed by atoms with E-state index in [4.69, 9.17) is 28.4 Å². The van der Waals surface area contributed by atoms with Crippen LogP contribution in [0.4, 0.5) is 0 Å². The van der Waals surface area contributed by atoms with E-state index in [0.717, 1.165) is 84.1 Å². The number of unbranched alkanes of at least 4 members (excludes halogenated alkanes) is 54. The van der Waals surface area contributed by atoms with E-state index in [1.54, 1.807) is 0 Å².